The average Bonchev–Trinajstić information content (AvgIpc) is 3.66. The number of dihydropyridines is 1. The number of aryl methyl sites for hydroxylation is 1. The van der Waals surface area contributed by atoms with Crippen molar-refractivity contribution in [2.75, 3.05) is 13.2 Å². The van der Waals surface area contributed by atoms with Crippen LogP contribution in [0.1, 0.15) is 119 Å². The number of hydrogen-bond acceptors (Lipinski definition) is 7. The maximum absolute atomic E-state index is 14.3. The van der Waals surface area contributed by atoms with Gasteiger partial charge < -0.3 is 40.2 Å². The molecule has 9 heteroatoms. The number of phenols is 1. The first kappa shape index (κ1) is 39.3. The monoisotopic (exact) mass is 772 g/mol. The van der Waals surface area contributed by atoms with E-state index in [1.807, 2.05) is 24.3 Å². The third-order valence-electron chi connectivity index (χ3n) is 13.0. The Morgan fingerprint density at radius 3 is 2.63 bits per heavy atom. The molecule has 1 spiro atoms. The number of aliphatic hydroxyl groups is 1. The average molecular weight is 773 g/mol. The molecule has 57 heavy (non-hydrogen) atoms. The van der Waals surface area contributed by atoms with Gasteiger partial charge in [0.25, 0.3) is 0 Å². The van der Waals surface area contributed by atoms with Crippen molar-refractivity contribution in [1.29, 1.82) is 0 Å². The highest BCUT2D eigenvalue weighted by atomic mass is 16.5. The summed E-state index contributed by atoms with van der Waals surface area (Å²) < 4.78 is 15.2. The summed E-state index contributed by atoms with van der Waals surface area (Å²) in [5.74, 6) is 1.39. The number of likely N-dealkylation sites (tertiary alicyclic amines) is 1. The zero-order valence-corrected chi connectivity index (χ0v) is 33.5. The number of benzene rings is 3. The van der Waals surface area contributed by atoms with Crippen molar-refractivity contribution in [2.24, 2.45) is 5.73 Å². The van der Waals surface area contributed by atoms with Crippen molar-refractivity contribution in [2.45, 2.75) is 133 Å². The quantitative estimate of drug-likeness (QED) is 0.132. The van der Waals surface area contributed by atoms with E-state index in [2.05, 4.69) is 76.6 Å². The molecular weight excluding hydrogens is 713 g/mol. The molecule has 1 saturated carbocycles. The Hall–Kier alpha value is -4.57. The van der Waals surface area contributed by atoms with Crippen molar-refractivity contribution >= 4 is 22.5 Å². The predicted molar refractivity (Wildman–Crippen MR) is 226 cm³/mol. The normalized spacial score (nSPS) is 22.9. The van der Waals surface area contributed by atoms with Gasteiger partial charge in [0.05, 0.1) is 25.0 Å². The third-order valence-corrected chi connectivity index (χ3v) is 13.0. The van der Waals surface area contributed by atoms with Crippen LogP contribution in [0.2, 0.25) is 0 Å². The minimum atomic E-state index is -0.531. The van der Waals surface area contributed by atoms with Gasteiger partial charge in [0.15, 0.2) is 11.5 Å². The van der Waals surface area contributed by atoms with E-state index in [1.54, 1.807) is 6.07 Å². The molecule has 4 bridgehead atoms. The van der Waals surface area contributed by atoms with Gasteiger partial charge in [-0.25, -0.2) is 0 Å². The lowest BCUT2D eigenvalue weighted by molar-refractivity contribution is -0.150. The Bertz CT molecular complexity index is 2080. The number of aliphatic hydroxyl groups excluding tert-OH is 1. The summed E-state index contributed by atoms with van der Waals surface area (Å²) in [6.07, 6.45) is 20.6. The first-order chi connectivity index (χ1) is 27.8. The van der Waals surface area contributed by atoms with E-state index in [0.717, 1.165) is 95.9 Å². The molecule has 3 aromatic carbocycles. The van der Waals surface area contributed by atoms with Crippen LogP contribution in [0, 0.1) is 0 Å². The van der Waals surface area contributed by atoms with Crippen LogP contribution in [0.15, 0.2) is 90.8 Å². The molecule has 1 saturated heterocycles. The smallest absolute Gasteiger partial charge is 0.223 e. The highest BCUT2D eigenvalue weighted by Gasteiger charge is 2.47. The highest BCUT2D eigenvalue weighted by molar-refractivity contribution is 5.88. The molecule has 5 N–H and O–H groups in total. The van der Waals surface area contributed by atoms with Gasteiger partial charge >= 0.3 is 0 Å². The molecule has 4 atom stereocenters. The molecule has 3 aliphatic heterocycles. The summed E-state index contributed by atoms with van der Waals surface area (Å²) in [4.78, 5) is 16.5. The van der Waals surface area contributed by atoms with Crippen LogP contribution >= 0.6 is 0 Å². The van der Waals surface area contributed by atoms with Crippen LogP contribution in [0.4, 0.5) is 0 Å². The van der Waals surface area contributed by atoms with Crippen LogP contribution < -0.4 is 15.8 Å². The van der Waals surface area contributed by atoms with Gasteiger partial charge in [-0.15, -0.1) is 0 Å². The standard InChI is InChI=1S/C48H60N4O5/c1-2-3-6-13-40-27-39(53)17-14-33-15-18-43(54)44(24-33)57-32-38-26-36(25-37-29-51(30-42(37)38)47-35(31-56-40)16-19-45(49)50-47)41(34-11-7-4-8-12-34)28-46(55)52-23-22-48(52)20-9-5-10-21-48/h4,7-8,11-12,15-16,18-19,24-26,29-30,39-41,45,50,53-54H,2-3,5-6,9-10,13-14,17,20-23,27-28,31-32,49H2,1H3/t39-,40+,41-,45?/m1/s1. The minimum absolute atomic E-state index is 0.0395. The lowest BCUT2D eigenvalue weighted by Gasteiger charge is -2.55. The largest absolute Gasteiger partial charge is 0.504 e. The number of ether oxygens (including phenoxy) is 2. The number of carbonyl (C=O) groups is 1. The predicted octanol–water partition coefficient (Wildman–Crippen LogP) is 8.66. The van der Waals surface area contributed by atoms with E-state index in [0.29, 0.717) is 38.0 Å². The molecule has 1 unspecified atom stereocenters. The Morgan fingerprint density at radius 2 is 1.84 bits per heavy atom. The van der Waals surface area contributed by atoms with Crippen LogP contribution in [0.5, 0.6) is 11.5 Å². The van der Waals surface area contributed by atoms with Gasteiger partial charge in [0.1, 0.15) is 12.4 Å². The third kappa shape index (κ3) is 8.81. The van der Waals surface area contributed by atoms with Gasteiger partial charge in [0, 0.05) is 53.2 Å². The van der Waals surface area contributed by atoms with Crippen molar-refractivity contribution in [3.05, 3.63) is 113 Å². The number of amides is 1. The molecule has 4 heterocycles. The van der Waals surface area contributed by atoms with Gasteiger partial charge in [-0.2, -0.15) is 0 Å². The number of fused-ring (bicyclic) bond motifs is 4. The zero-order valence-electron chi connectivity index (χ0n) is 33.5. The molecule has 1 aromatic heterocycles. The van der Waals surface area contributed by atoms with Crippen molar-refractivity contribution in [3.8, 4) is 11.5 Å². The number of aromatic nitrogens is 1. The van der Waals surface area contributed by atoms with Crippen LogP contribution in [-0.2, 0) is 22.6 Å². The molecule has 302 valence electrons. The van der Waals surface area contributed by atoms with Crippen molar-refractivity contribution < 1.29 is 24.5 Å². The maximum atomic E-state index is 14.3. The first-order valence-corrected chi connectivity index (χ1v) is 21.5. The second-order valence-electron chi connectivity index (χ2n) is 16.9. The van der Waals surface area contributed by atoms with Gasteiger partial charge in [-0.05, 0) is 91.5 Å². The topological polar surface area (TPSA) is 122 Å². The number of nitrogens with one attached hydrogen (secondary N) is 1. The number of nitrogens with zero attached hydrogens (tertiary/aromatic N) is 2. The second-order valence-corrected chi connectivity index (χ2v) is 16.9. The molecule has 9 nitrogen and oxygen atoms in total. The summed E-state index contributed by atoms with van der Waals surface area (Å²) >= 11 is 0. The lowest BCUT2D eigenvalue weighted by atomic mass is 9.72. The van der Waals surface area contributed by atoms with Gasteiger partial charge in [-0.1, -0.05) is 94.0 Å². The Balaban J connectivity index is 1.21. The summed E-state index contributed by atoms with van der Waals surface area (Å²) in [6, 6.07) is 20.3. The summed E-state index contributed by atoms with van der Waals surface area (Å²) in [5, 5.41) is 27.7. The van der Waals surface area contributed by atoms with E-state index in [1.165, 1.54) is 19.3 Å². The van der Waals surface area contributed by atoms with Crippen molar-refractivity contribution in [1.82, 2.24) is 14.8 Å². The van der Waals surface area contributed by atoms with E-state index < -0.39 is 6.10 Å². The van der Waals surface area contributed by atoms with Crippen LogP contribution in [0.25, 0.3) is 16.6 Å². The molecule has 4 aromatic rings. The maximum Gasteiger partial charge on any atom is 0.223 e. The Labute approximate surface area is 337 Å². The fourth-order valence-corrected chi connectivity index (χ4v) is 9.65. The fraction of sp³-hybridized carbons (Fsp3) is 0.479. The highest BCUT2D eigenvalue weighted by Crippen LogP contribution is 2.45. The molecule has 8 rings (SSSR count). The number of aromatic hydroxyl groups is 1. The number of carbonyl (C=O) groups excluding carboxylic acids is 1. The lowest BCUT2D eigenvalue weighted by Crippen LogP contribution is -2.62. The Kier molecular flexibility index (Phi) is 12.1. The van der Waals surface area contributed by atoms with Crippen molar-refractivity contribution in [3.63, 3.8) is 0 Å². The van der Waals surface area contributed by atoms with Crippen LogP contribution in [-0.4, -0.2) is 62.7 Å². The van der Waals surface area contributed by atoms with Crippen LogP contribution in [0.3, 0.4) is 0 Å². The summed E-state index contributed by atoms with van der Waals surface area (Å²) in [6.45, 7) is 3.62. The number of hydrogen-bond donors (Lipinski definition) is 4. The molecular formula is C48H60N4O5. The Morgan fingerprint density at radius 1 is 1.00 bits per heavy atom. The number of nitrogens with two attached hydrogens (primary N) is 1. The van der Waals surface area contributed by atoms with E-state index >= 15 is 0 Å². The number of rotatable bonds is 8. The fourth-order valence-electron chi connectivity index (χ4n) is 9.65. The van der Waals surface area contributed by atoms with E-state index in [-0.39, 0.29) is 42.0 Å². The summed E-state index contributed by atoms with van der Waals surface area (Å²) in [5.41, 5.74) is 11.6. The minimum Gasteiger partial charge on any atom is -0.504 e. The molecule has 2 fully saturated rings. The van der Waals surface area contributed by atoms with Gasteiger partial charge in [-0.3, -0.25) is 4.79 Å². The van der Waals surface area contributed by atoms with E-state index in [4.69, 9.17) is 15.2 Å². The second kappa shape index (κ2) is 17.5. The first-order valence-electron chi connectivity index (χ1n) is 21.5. The SMILES string of the molecule is CCCCC[C@H]1C[C@H](O)CCc2ccc(O)c(c2)OCc2cc([C@H](CC(=O)N3CCC34CCCCC4)c3ccccc3)cc3cn(cc23)C2=C(C=CC(N)N2)CO1. The number of phenolic OH excluding ortho intramolecular Hbond substituents is 1. The van der Waals surface area contributed by atoms with E-state index in [9.17, 15) is 15.0 Å². The van der Waals surface area contributed by atoms with Gasteiger partial charge in [0.2, 0.25) is 5.91 Å². The molecule has 0 radical (unpaired) electrons. The molecule has 1 aliphatic carbocycles. The molecule has 4 aliphatic rings. The summed E-state index contributed by atoms with van der Waals surface area (Å²) in [7, 11) is 0. The molecule has 1 amide bonds. The zero-order chi connectivity index (χ0) is 39.4. The number of unbranched alkanes of at least 4 members (excludes halogenated alkanes) is 2.